The smallest absolute Gasteiger partial charge is 0.303 e. The molecule has 0 unspecified atom stereocenters. The van der Waals surface area contributed by atoms with Gasteiger partial charge in [0.2, 0.25) is 0 Å². The van der Waals surface area contributed by atoms with E-state index in [1.54, 1.807) is 12.1 Å². The number of carbonyl (C=O) groups is 1. The van der Waals surface area contributed by atoms with Crippen LogP contribution in [0.5, 0.6) is 0 Å². The highest BCUT2D eigenvalue weighted by atomic mass is 35.5. The monoisotopic (exact) mass is 334 g/mol. The minimum Gasteiger partial charge on any atom is -0.481 e. The lowest BCUT2D eigenvalue weighted by atomic mass is 10.1. The Labute approximate surface area is 136 Å². The third kappa shape index (κ3) is 2.80. The third-order valence-corrected chi connectivity index (χ3v) is 4.14. The number of aryl methyl sites for hydroxylation is 1. The van der Waals surface area contributed by atoms with Crippen molar-refractivity contribution in [3.05, 3.63) is 58.3 Å². The maximum atomic E-state index is 10.9. The fourth-order valence-electron chi connectivity index (χ4n) is 2.39. The maximum Gasteiger partial charge on any atom is 0.303 e. The molecule has 0 amide bonds. The van der Waals surface area contributed by atoms with Gasteiger partial charge in [0.25, 0.3) is 0 Å². The van der Waals surface area contributed by atoms with Crippen LogP contribution in [0.4, 0.5) is 0 Å². The molecule has 4 nitrogen and oxygen atoms in total. The zero-order valence-corrected chi connectivity index (χ0v) is 13.0. The lowest BCUT2D eigenvalue weighted by Gasteiger charge is -2.05. The molecule has 0 atom stereocenters. The summed E-state index contributed by atoms with van der Waals surface area (Å²) in [4.78, 5) is 15.5. The van der Waals surface area contributed by atoms with E-state index in [0.717, 1.165) is 22.6 Å². The number of imidazole rings is 1. The van der Waals surface area contributed by atoms with Gasteiger partial charge in [-0.1, -0.05) is 35.3 Å². The summed E-state index contributed by atoms with van der Waals surface area (Å²) in [6.45, 7) is 0. The first-order valence-electron chi connectivity index (χ1n) is 6.69. The van der Waals surface area contributed by atoms with Crippen molar-refractivity contribution in [3.8, 4) is 11.3 Å². The van der Waals surface area contributed by atoms with Crippen LogP contribution in [0, 0.1) is 0 Å². The van der Waals surface area contributed by atoms with Crippen LogP contribution in [-0.2, 0) is 11.2 Å². The second kappa shape index (κ2) is 5.99. The van der Waals surface area contributed by atoms with Crippen LogP contribution in [0.2, 0.25) is 10.0 Å². The number of aromatic nitrogens is 2. The fraction of sp³-hybridized carbons (Fsp3) is 0.125. The van der Waals surface area contributed by atoms with Crippen LogP contribution >= 0.6 is 23.2 Å². The number of hydrogen-bond donors (Lipinski definition) is 1. The largest absolute Gasteiger partial charge is 0.481 e. The van der Waals surface area contributed by atoms with E-state index in [4.69, 9.17) is 28.3 Å². The fourth-order valence-corrected chi connectivity index (χ4v) is 2.68. The summed E-state index contributed by atoms with van der Waals surface area (Å²) in [6.07, 6.45) is 2.30. The maximum absolute atomic E-state index is 10.9. The van der Waals surface area contributed by atoms with Gasteiger partial charge in [-0.05, 0) is 24.3 Å². The van der Waals surface area contributed by atoms with Crippen molar-refractivity contribution in [2.75, 3.05) is 0 Å². The van der Waals surface area contributed by atoms with E-state index in [2.05, 4.69) is 4.98 Å². The molecule has 22 heavy (non-hydrogen) atoms. The summed E-state index contributed by atoms with van der Waals surface area (Å²) in [5, 5.41) is 9.88. The number of halogens is 2. The van der Waals surface area contributed by atoms with Gasteiger partial charge in [0.1, 0.15) is 5.65 Å². The number of fused-ring (bicyclic) bond motifs is 1. The Balaban J connectivity index is 2.16. The molecule has 2 heterocycles. The molecule has 1 aromatic carbocycles. The van der Waals surface area contributed by atoms with E-state index in [1.165, 1.54) is 0 Å². The Bertz CT molecular complexity index is 858. The van der Waals surface area contributed by atoms with Crippen molar-refractivity contribution >= 4 is 34.8 Å². The number of pyridine rings is 1. The van der Waals surface area contributed by atoms with Gasteiger partial charge in [0, 0.05) is 18.2 Å². The Morgan fingerprint density at radius 2 is 2.00 bits per heavy atom. The molecule has 0 saturated carbocycles. The van der Waals surface area contributed by atoms with Crippen molar-refractivity contribution < 1.29 is 9.90 Å². The molecule has 2 aromatic heterocycles. The lowest BCUT2D eigenvalue weighted by Crippen LogP contribution is -2.01. The lowest BCUT2D eigenvalue weighted by molar-refractivity contribution is -0.136. The van der Waals surface area contributed by atoms with E-state index in [-0.39, 0.29) is 6.42 Å². The normalized spacial score (nSPS) is 11.0. The molecule has 0 aliphatic rings. The van der Waals surface area contributed by atoms with Crippen LogP contribution < -0.4 is 0 Å². The van der Waals surface area contributed by atoms with E-state index in [0.29, 0.717) is 16.5 Å². The van der Waals surface area contributed by atoms with Crippen molar-refractivity contribution in [3.63, 3.8) is 0 Å². The zero-order valence-electron chi connectivity index (χ0n) is 11.5. The molecule has 0 radical (unpaired) electrons. The molecule has 0 fully saturated rings. The quantitative estimate of drug-likeness (QED) is 0.772. The van der Waals surface area contributed by atoms with Crippen LogP contribution in [0.15, 0.2) is 42.6 Å². The molecule has 3 rings (SSSR count). The van der Waals surface area contributed by atoms with E-state index in [1.807, 2.05) is 34.9 Å². The van der Waals surface area contributed by atoms with Crippen molar-refractivity contribution in [1.82, 2.24) is 9.38 Å². The highest BCUT2D eigenvalue weighted by Gasteiger charge is 2.15. The topological polar surface area (TPSA) is 54.6 Å². The Morgan fingerprint density at radius 1 is 1.18 bits per heavy atom. The molecule has 0 aliphatic carbocycles. The molecule has 0 spiro atoms. The predicted molar refractivity (Wildman–Crippen MR) is 86.6 cm³/mol. The molecule has 0 aliphatic heterocycles. The Hall–Kier alpha value is -2.04. The Morgan fingerprint density at radius 3 is 2.73 bits per heavy atom. The van der Waals surface area contributed by atoms with Gasteiger partial charge in [0.05, 0.1) is 27.9 Å². The van der Waals surface area contributed by atoms with Gasteiger partial charge in [0.15, 0.2) is 0 Å². The van der Waals surface area contributed by atoms with E-state index >= 15 is 0 Å². The minimum atomic E-state index is -0.842. The highest BCUT2D eigenvalue weighted by Crippen LogP contribution is 2.31. The first-order chi connectivity index (χ1) is 10.6. The standard InChI is InChI=1S/C16H12Cl2N2O2/c17-11-5-4-10(9-12(11)18)16-13(6-7-15(21)22)20-8-2-1-3-14(20)19-16/h1-5,8-9H,6-7H2,(H,21,22). The van der Waals surface area contributed by atoms with Crippen LogP contribution in [0.25, 0.3) is 16.9 Å². The molecule has 1 N–H and O–H groups in total. The van der Waals surface area contributed by atoms with Crippen molar-refractivity contribution in [2.24, 2.45) is 0 Å². The molecule has 0 bridgehead atoms. The molecule has 112 valence electrons. The van der Waals surface area contributed by atoms with Gasteiger partial charge >= 0.3 is 5.97 Å². The molecule has 0 saturated heterocycles. The SMILES string of the molecule is O=C(O)CCc1c(-c2ccc(Cl)c(Cl)c2)nc2ccccn12. The van der Waals surface area contributed by atoms with E-state index in [9.17, 15) is 4.79 Å². The summed E-state index contributed by atoms with van der Waals surface area (Å²) in [7, 11) is 0. The Kier molecular flexibility index (Phi) is 4.05. The number of carboxylic acid groups (broad SMARTS) is 1. The van der Waals surface area contributed by atoms with Gasteiger partial charge in [-0.25, -0.2) is 4.98 Å². The van der Waals surface area contributed by atoms with Crippen LogP contribution in [0.1, 0.15) is 12.1 Å². The number of benzene rings is 1. The number of aliphatic carboxylic acids is 1. The number of nitrogens with zero attached hydrogens (tertiary/aromatic N) is 2. The molecule has 6 heteroatoms. The van der Waals surface area contributed by atoms with Gasteiger partial charge < -0.3 is 9.51 Å². The summed E-state index contributed by atoms with van der Waals surface area (Å²) < 4.78 is 1.90. The van der Waals surface area contributed by atoms with Crippen LogP contribution in [0.3, 0.4) is 0 Å². The summed E-state index contributed by atoms with van der Waals surface area (Å²) in [5.41, 5.74) is 3.16. The molecular weight excluding hydrogens is 323 g/mol. The summed E-state index contributed by atoms with van der Waals surface area (Å²) in [5.74, 6) is -0.842. The van der Waals surface area contributed by atoms with Gasteiger partial charge in [-0.15, -0.1) is 0 Å². The predicted octanol–water partition coefficient (Wildman–Crippen LogP) is 4.33. The third-order valence-electron chi connectivity index (χ3n) is 3.40. The average molecular weight is 335 g/mol. The summed E-state index contributed by atoms with van der Waals surface area (Å²) in [6, 6.07) is 10.9. The average Bonchev–Trinajstić information content (AvgIpc) is 2.86. The summed E-state index contributed by atoms with van der Waals surface area (Å²) >= 11 is 12.0. The first kappa shape index (κ1) is 14.9. The highest BCUT2D eigenvalue weighted by molar-refractivity contribution is 6.42. The minimum absolute atomic E-state index is 0.0387. The van der Waals surface area contributed by atoms with E-state index < -0.39 is 5.97 Å². The molecule has 3 aromatic rings. The van der Waals surface area contributed by atoms with Crippen LogP contribution in [-0.4, -0.2) is 20.5 Å². The van der Waals surface area contributed by atoms with Crippen molar-refractivity contribution in [1.29, 1.82) is 0 Å². The first-order valence-corrected chi connectivity index (χ1v) is 7.45. The van der Waals surface area contributed by atoms with Gasteiger partial charge in [-0.3, -0.25) is 4.79 Å². The number of carboxylic acids is 1. The second-order valence-corrected chi connectivity index (χ2v) is 5.67. The number of hydrogen-bond acceptors (Lipinski definition) is 2. The number of rotatable bonds is 4. The van der Waals surface area contributed by atoms with Gasteiger partial charge in [-0.2, -0.15) is 0 Å². The zero-order chi connectivity index (χ0) is 15.7. The molecular formula is C16H12Cl2N2O2. The second-order valence-electron chi connectivity index (χ2n) is 4.86. The van der Waals surface area contributed by atoms with Crippen molar-refractivity contribution in [2.45, 2.75) is 12.8 Å².